The molecule has 2 aliphatic rings. The molecule has 3 aromatic rings. The van der Waals surface area contributed by atoms with E-state index in [0.717, 1.165) is 40.6 Å². The molecule has 2 heterocycles. The Labute approximate surface area is 753 Å². The summed E-state index contributed by atoms with van der Waals surface area (Å²) in [6, 6.07) is 19.9. The van der Waals surface area contributed by atoms with Gasteiger partial charge in [-0.05, 0) is 143 Å². The van der Waals surface area contributed by atoms with Gasteiger partial charge in [0.25, 0.3) is 0 Å². The van der Waals surface area contributed by atoms with Crippen molar-refractivity contribution in [3.05, 3.63) is 102 Å². The number of likely N-dealkylation sites (N-methyl/N-ethyl adjacent to an activating group) is 2. The standard InChI is InChI=1S/C93H144N16O17S/c1-14-58(6)83(76(125-13)52-79(115)108-46-28-36-72(108)61(9)62(10)73(111)47-59(7)84(117)65-31-20-16-21-32-65)106(11)90(123)81(56(2)3)105-88(121)82(57(4)5)107(12)93(124)126-54-64-38-40-69(41-39-64)102-86(119)67(33-23-24-42-94)50-75(113)71(49-63-29-18-15-19-30-63)103-78(114)37-22-17-25-45-109-80(116)53-77(89(109)122)127-55-68(85(95)118)51-74(112)70(35-27-44-101-92(98)99)104-87(120)66(48-60(8)110)34-26-43-100-91(96)97/h15-16,18-21,29-32,38-41,56-59,61-62,66-68,70-72,76-77,81-84,117H,14,17,22-28,33-37,42-55,94H2,1-13H3,(H2,95,118)(H,102,119)(H,103,114)(H,104,120)(H,105,121)(H4,96,97,100)(H4,98,99,101)/t58-,59-,61+,62+,66-,67+,68+,70+,71-,72-,76+,77?,81-,82-,83?,84+/m0/s1. The first-order valence-electron chi connectivity index (χ1n) is 44.9. The number of guanidine groups is 2. The maximum atomic E-state index is 14.9. The molecule has 2 saturated heterocycles. The summed E-state index contributed by atoms with van der Waals surface area (Å²) in [5.74, 6) is -10.5. The fourth-order valence-electron chi connectivity index (χ4n) is 16.6. The number of aliphatic hydroxyl groups is 1. The summed E-state index contributed by atoms with van der Waals surface area (Å²) in [5.41, 5.74) is 36.0. The molecule has 0 radical (unpaired) electrons. The molecule has 33 nitrogen and oxygen atoms in total. The highest BCUT2D eigenvalue weighted by Gasteiger charge is 2.45. The van der Waals surface area contributed by atoms with E-state index in [9.17, 15) is 72.2 Å². The molecule has 34 heteroatoms. The number of nitrogens with two attached hydrogens (primary N) is 6. The van der Waals surface area contributed by atoms with Gasteiger partial charge in [0, 0.05) is 121 Å². The minimum atomic E-state index is -1.12. The highest BCUT2D eigenvalue weighted by Crippen LogP contribution is 2.36. The highest BCUT2D eigenvalue weighted by molar-refractivity contribution is 8.00. The SMILES string of the molecule is CC[C@H](C)C([C@@H](CC(=O)N1CCC[C@H]1[C@H](C)[C@@H](C)C(=O)C[C@H](C)[C@@H](O)c1ccccc1)OC)N(C)C(=O)[C@@H](NC(=O)[C@H](C(C)C)N(C)C(=O)OCc1ccc(NC(=O)[C@H](CCCCN)CC(=O)[C@H](Cc2ccccc2)NC(=O)CCCCCN2C(=O)CC(SC[C@@H](CC(=O)[C@@H](CCCN=C(N)N)NC(=O)[C@@H](CCCN=C(N)N)CC(C)=O)C(N)=O)C2=O)cc1)C(C)C. The minimum absolute atomic E-state index is 0.000694. The number of amides is 10. The third-order valence-electron chi connectivity index (χ3n) is 24.5. The number of carbonyl (C=O) groups excluding carboxylic acids is 14. The van der Waals surface area contributed by atoms with Crippen LogP contribution in [0.1, 0.15) is 220 Å². The van der Waals surface area contributed by atoms with E-state index in [1.54, 1.807) is 50.1 Å². The van der Waals surface area contributed by atoms with Crippen molar-refractivity contribution in [2.45, 2.75) is 264 Å². The fourth-order valence-corrected chi connectivity index (χ4v) is 17.9. The summed E-state index contributed by atoms with van der Waals surface area (Å²) in [6.07, 6.45) is 2.60. The van der Waals surface area contributed by atoms with E-state index in [1.165, 1.54) is 26.0 Å². The number of carbonyl (C=O) groups is 14. The molecule has 0 saturated carbocycles. The average Bonchev–Trinajstić information content (AvgIpc) is 1.78. The molecule has 2 unspecified atom stereocenters. The number of Topliss-reactive ketones (excluding diaryl/α,β-unsaturated/α-hetero) is 4. The molecule has 2 aliphatic heterocycles. The molecule has 3 aromatic carbocycles. The number of ketones is 4. The summed E-state index contributed by atoms with van der Waals surface area (Å²) in [7, 11) is 4.62. The third-order valence-corrected chi connectivity index (χ3v) is 25.8. The summed E-state index contributed by atoms with van der Waals surface area (Å²) in [5, 5.41) is 21.7. The molecule has 704 valence electrons. The predicted octanol–water partition coefficient (Wildman–Crippen LogP) is 7.33. The van der Waals surface area contributed by atoms with Gasteiger partial charge in [-0.2, -0.15) is 0 Å². The van der Waals surface area contributed by atoms with E-state index in [-0.39, 0.29) is 161 Å². The Morgan fingerprint density at radius 3 is 1.83 bits per heavy atom. The molecule has 2 fully saturated rings. The van der Waals surface area contributed by atoms with Gasteiger partial charge >= 0.3 is 6.09 Å². The monoisotopic (exact) mass is 1790 g/mol. The Morgan fingerprint density at radius 1 is 0.630 bits per heavy atom. The van der Waals surface area contributed by atoms with Crippen LogP contribution in [-0.2, 0) is 84.8 Å². The maximum Gasteiger partial charge on any atom is 0.410 e. The lowest BCUT2D eigenvalue weighted by molar-refractivity contribution is -0.146. The number of nitrogens with one attached hydrogen (secondary N) is 4. The lowest BCUT2D eigenvalue weighted by Gasteiger charge is -2.41. The number of nitrogens with zero attached hydrogens (tertiary/aromatic N) is 6. The van der Waals surface area contributed by atoms with Crippen molar-refractivity contribution in [1.82, 2.24) is 35.6 Å². The first-order chi connectivity index (χ1) is 60.2. The van der Waals surface area contributed by atoms with Crippen LogP contribution < -0.4 is 55.7 Å². The zero-order chi connectivity index (χ0) is 94.3. The second-order valence-electron chi connectivity index (χ2n) is 35.0. The number of methoxy groups -OCH3 is 1. The molecule has 5 rings (SSSR count). The van der Waals surface area contributed by atoms with Gasteiger partial charge in [-0.15, -0.1) is 11.8 Å². The molecule has 0 aromatic heterocycles. The summed E-state index contributed by atoms with van der Waals surface area (Å²) in [6.45, 7) is 19.3. The number of benzene rings is 3. The Hall–Kier alpha value is -10.2. The van der Waals surface area contributed by atoms with Gasteiger partial charge in [0.05, 0.1) is 47.9 Å². The van der Waals surface area contributed by atoms with Crippen LogP contribution >= 0.6 is 11.8 Å². The topological polar surface area (TPSA) is 520 Å². The van der Waals surface area contributed by atoms with Gasteiger partial charge in [0.2, 0.25) is 53.2 Å². The second kappa shape index (κ2) is 54.9. The summed E-state index contributed by atoms with van der Waals surface area (Å²) >= 11 is 1.02. The van der Waals surface area contributed by atoms with Gasteiger partial charge in [0.15, 0.2) is 23.5 Å². The number of thioether (sulfide) groups is 1. The Kier molecular flexibility index (Phi) is 46.4. The molecular weight excluding hydrogens is 1650 g/mol. The largest absolute Gasteiger partial charge is 0.445 e. The number of hydrogen-bond donors (Lipinski definition) is 11. The molecule has 0 aliphatic carbocycles. The smallest absolute Gasteiger partial charge is 0.410 e. The van der Waals surface area contributed by atoms with E-state index < -0.39 is 143 Å². The van der Waals surface area contributed by atoms with Crippen molar-refractivity contribution in [3.63, 3.8) is 0 Å². The zero-order valence-electron chi connectivity index (χ0n) is 76.8. The van der Waals surface area contributed by atoms with Crippen LogP contribution in [0.25, 0.3) is 0 Å². The van der Waals surface area contributed by atoms with Crippen molar-refractivity contribution >= 4 is 112 Å². The van der Waals surface area contributed by atoms with Crippen LogP contribution in [0.3, 0.4) is 0 Å². The molecule has 127 heavy (non-hydrogen) atoms. The van der Waals surface area contributed by atoms with E-state index in [0.29, 0.717) is 75.7 Å². The Morgan fingerprint density at radius 2 is 1.24 bits per heavy atom. The van der Waals surface area contributed by atoms with Crippen molar-refractivity contribution in [2.24, 2.45) is 97.6 Å². The summed E-state index contributed by atoms with van der Waals surface area (Å²) in [4.78, 5) is 208. The fraction of sp³-hybridized carbons (Fsp3) is 0.634. The maximum absolute atomic E-state index is 14.9. The predicted molar refractivity (Wildman–Crippen MR) is 490 cm³/mol. The Balaban J connectivity index is 1.15. The number of unbranched alkanes of at least 4 members (excludes halogenated alkanes) is 3. The zero-order valence-corrected chi connectivity index (χ0v) is 77.6. The van der Waals surface area contributed by atoms with Crippen molar-refractivity contribution in [3.8, 4) is 0 Å². The number of hydrogen-bond acceptors (Lipinski definition) is 21. The van der Waals surface area contributed by atoms with Crippen LogP contribution in [0, 0.1) is 53.3 Å². The van der Waals surface area contributed by atoms with E-state index in [4.69, 9.17) is 43.9 Å². The van der Waals surface area contributed by atoms with E-state index in [1.807, 2.05) is 114 Å². The second-order valence-corrected chi connectivity index (χ2v) is 36.3. The van der Waals surface area contributed by atoms with Crippen LogP contribution in [0.15, 0.2) is 94.9 Å². The van der Waals surface area contributed by atoms with Crippen molar-refractivity contribution in [1.29, 1.82) is 0 Å². The minimum Gasteiger partial charge on any atom is -0.445 e. The first kappa shape index (κ1) is 107. The number of imide groups is 1. The number of aliphatic imine (C=N–C) groups is 2. The quantitative estimate of drug-likeness (QED) is 0.0114. The number of ether oxygens (including phenoxy) is 2. The van der Waals surface area contributed by atoms with Gasteiger partial charge in [-0.25, -0.2) is 4.79 Å². The number of likely N-dealkylation sites (tertiary alicyclic amines) is 2. The van der Waals surface area contributed by atoms with Crippen LogP contribution in [0.2, 0.25) is 0 Å². The van der Waals surface area contributed by atoms with Gasteiger partial charge in [0.1, 0.15) is 30.3 Å². The number of rotatable bonds is 59. The van der Waals surface area contributed by atoms with Crippen molar-refractivity contribution < 1.29 is 81.7 Å². The van der Waals surface area contributed by atoms with Crippen LogP contribution in [-0.4, -0.2) is 226 Å². The van der Waals surface area contributed by atoms with Gasteiger partial charge in [-0.3, -0.25) is 77.3 Å². The van der Waals surface area contributed by atoms with Gasteiger partial charge < -0.3 is 84.8 Å². The molecule has 10 amide bonds. The van der Waals surface area contributed by atoms with Gasteiger partial charge in [-0.1, -0.05) is 154 Å². The van der Waals surface area contributed by atoms with Crippen molar-refractivity contribution in [2.75, 3.05) is 65.0 Å². The average molecular weight is 1790 g/mol. The van der Waals surface area contributed by atoms with E-state index in [2.05, 4.69) is 31.3 Å². The highest BCUT2D eigenvalue weighted by atomic mass is 32.2. The molecule has 16 atom stereocenters. The van der Waals surface area contributed by atoms with Crippen LogP contribution in [0.5, 0.6) is 0 Å². The number of anilines is 1. The lowest BCUT2D eigenvalue weighted by atomic mass is 9.81. The Bertz CT molecular complexity index is 4150. The molecule has 0 spiro atoms. The van der Waals surface area contributed by atoms with E-state index >= 15 is 0 Å². The molecule has 0 bridgehead atoms. The number of primary amides is 1. The third kappa shape index (κ3) is 35.1. The number of aliphatic hydroxyl groups excluding tert-OH is 1. The molecule has 17 N–H and O–H groups in total. The molecular formula is C93H144N16O17S. The van der Waals surface area contributed by atoms with Crippen LogP contribution in [0.4, 0.5) is 10.5 Å². The first-order valence-corrected chi connectivity index (χ1v) is 46.0. The summed E-state index contributed by atoms with van der Waals surface area (Å²) < 4.78 is 11.9. The normalized spacial score (nSPS) is 17.2. The lowest BCUT2D eigenvalue weighted by Crippen LogP contribution is -2.60.